The second-order valence-electron chi connectivity index (χ2n) is 4.30. The van der Waals surface area contributed by atoms with Crippen LogP contribution in [-0.2, 0) is 6.54 Å². The van der Waals surface area contributed by atoms with E-state index in [9.17, 15) is 4.79 Å². The smallest absolute Gasteiger partial charge is 0.413 e. The number of aromatic nitrogens is 3. The van der Waals surface area contributed by atoms with Crippen LogP contribution in [0.2, 0.25) is 0 Å². The molecule has 1 N–H and O–H groups in total. The Bertz CT molecular complexity index is 744. The minimum absolute atomic E-state index is 0.0823. The summed E-state index contributed by atoms with van der Waals surface area (Å²) in [6.45, 7) is 0.0823. The second kappa shape index (κ2) is 6.49. The molecule has 3 aromatic rings. The zero-order valence-corrected chi connectivity index (χ0v) is 11.5. The van der Waals surface area contributed by atoms with Crippen molar-refractivity contribution in [1.29, 1.82) is 0 Å². The van der Waals surface area contributed by atoms with E-state index >= 15 is 0 Å². The monoisotopic (exact) mass is 296 g/mol. The zero-order valence-electron chi connectivity index (χ0n) is 11.5. The van der Waals surface area contributed by atoms with E-state index in [4.69, 9.17) is 9.15 Å². The van der Waals surface area contributed by atoms with Crippen LogP contribution in [0.4, 0.5) is 4.79 Å². The molecule has 1 amide bonds. The maximum Gasteiger partial charge on any atom is 0.413 e. The van der Waals surface area contributed by atoms with Gasteiger partial charge < -0.3 is 14.5 Å². The van der Waals surface area contributed by atoms with Gasteiger partial charge in [0.25, 0.3) is 0 Å². The molecule has 2 aromatic heterocycles. The van der Waals surface area contributed by atoms with Crippen molar-refractivity contribution in [2.45, 2.75) is 6.54 Å². The number of benzene rings is 1. The number of carbonyl (C=O) groups is 1. The molecule has 0 aliphatic rings. The standard InChI is InChI=1S/C15H12N4O3/c20-15(21-12-6-2-1-3-7-12)17-10-13-18-19-14(22-13)11-5-4-8-16-9-11/h1-9H,10H2,(H,17,20). The van der Waals surface area contributed by atoms with Gasteiger partial charge in [-0.2, -0.15) is 0 Å². The molecular formula is C15H12N4O3. The number of nitrogens with zero attached hydrogens (tertiary/aromatic N) is 3. The lowest BCUT2D eigenvalue weighted by atomic mass is 10.3. The van der Waals surface area contributed by atoms with E-state index in [-0.39, 0.29) is 12.4 Å². The number of hydrogen-bond acceptors (Lipinski definition) is 6. The Kier molecular flexibility index (Phi) is 4.05. The minimum atomic E-state index is -0.590. The van der Waals surface area contributed by atoms with E-state index in [0.29, 0.717) is 17.2 Å². The van der Waals surface area contributed by atoms with E-state index < -0.39 is 6.09 Å². The van der Waals surface area contributed by atoms with Gasteiger partial charge in [0.05, 0.1) is 12.1 Å². The third-order valence-corrected chi connectivity index (χ3v) is 2.71. The lowest BCUT2D eigenvalue weighted by Crippen LogP contribution is -2.26. The van der Waals surface area contributed by atoms with Gasteiger partial charge in [-0.1, -0.05) is 18.2 Å². The van der Waals surface area contributed by atoms with Crippen molar-refractivity contribution in [2.75, 3.05) is 0 Å². The highest BCUT2D eigenvalue weighted by Gasteiger charge is 2.10. The number of pyridine rings is 1. The largest absolute Gasteiger partial charge is 0.419 e. The van der Waals surface area contributed by atoms with E-state index in [1.807, 2.05) is 6.07 Å². The van der Waals surface area contributed by atoms with Gasteiger partial charge in [0.1, 0.15) is 5.75 Å². The van der Waals surface area contributed by atoms with Crippen LogP contribution in [0.5, 0.6) is 5.75 Å². The molecule has 2 heterocycles. The maximum atomic E-state index is 11.6. The molecule has 0 atom stereocenters. The Balaban J connectivity index is 1.56. The molecule has 1 aromatic carbocycles. The molecule has 7 heteroatoms. The molecule has 110 valence electrons. The molecule has 0 radical (unpaired) electrons. The van der Waals surface area contributed by atoms with Crippen LogP contribution in [0.15, 0.2) is 59.3 Å². The number of amides is 1. The topological polar surface area (TPSA) is 90.1 Å². The summed E-state index contributed by atoms with van der Waals surface area (Å²) < 4.78 is 10.5. The van der Waals surface area contributed by atoms with Gasteiger partial charge >= 0.3 is 6.09 Å². The second-order valence-corrected chi connectivity index (χ2v) is 4.30. The van der Waals surface area contributed by atoms with Gasteiger partial charge in [0, 0.05) is 12.4 Å². The normalized spacial score (nSPS) is 10.2. The highest BCUT2D eigenvalue weighted by atomic mass is 16.6. The van der Waals surface area contributed by atoms with Gasteiger partial charge in [-0.25, -0.2) is 4.79 Å². The van der Waals surface area contributed by atoms with Crippen LogP contribution in [0, 0.1) is 0 Å². The SMILES string of the molecule is O=C(NCc1nnc(-c2cccnc2)o1)Oc1ccccc1. The Labute approximate surface area is 126 Å². The summed E-state index contributed by atoms with van der Waals surface area (Å²) in [6.07, 6.45) is 2.68. The van der Waals surface area contributed by atoms with E-state index in [1.54, 1.807) is 48.8 Å². The highest BCUT2D eigenvalue weighted by Crippen LogP contribution is 2.15. The number of hydrogen-bond donors (Lipinski definition) is 1. The third-order valence-electron chi connectivity index (χ3n) is 2.71. The van der Waals surface area contributed by atoms with Crippen LogP contribution in [0.25, 0.3) is 11.5 Å². The number of ether oxygens (including phenoxy) is 1. The molecule has 0 unspecified atom stereocenters. The van der Waals surface area contributed by atoms with Crippen molar-refractivity contribution >= 4 is 6.09 Å². The molecule has 0 aliphatic heterocycles. The lowest BCUT2D eigenvalue weighted by Gasteiger charge is -2.04. The van der Waals surface area contributed by atoms with Crippen molar-refractivity contribution in [2.24, 2.45) is 0 Å². The number of para-hydroxylation sites is 1. The summed E-state index contributed by atoms with van der Waals surface area (Å²) in [7, 11) is 0. The van der Waals surface area contributed by atoms with Crippen molar-refractivity contribution < 1.29 is 13.9 Å². The van der Waals surface area contributed by atoms with Crippen LogP contribution >= 0.6 is 0 Å². The lowest BCUT2D eigenvalue weighted by molar-refractivity contribution is 0.198. The molecule has 0 saturated carbocycles. The number of nitrogens with one attached hydrogen (secondary N) is 1. The van der Waals surface area contributed by atoms with Crippen LogP contribution in [0.1, 0.15) is 5.89 Å². The predicted molar refractivity (Wildman–Crippen MR) is 76.8 cm³/mol. The summed E-state index contributed by atoms with van der Waals surface area (Å²) in [5, 5.41) is 10.3. The fourth-order valence-corrected chi connectivity index (χ4v) is 1.71. The highest BCUT2D eigenvalue weighted by molar-refractivity contribution is 5.70. The molecule has 3 rings (SSSR count). The van der Waals surface area contributed by atoms with Crippen molar-refractivity contribution in [3.05, 3.63) is 60.7 Å². The molecule has 0 saturated heterocycles. The average molecular weight is 296 g/mol. The van der Waals surface area contributed by atoms with E-state index in [1.165, 1.54) is 0 Å². The zero-order chi connectivity index (χ0) is 15.2. The minimum Gasteiger partial charge on any atom is -0.419 e. The quantitative estimate of drug-likeness (QED) is 0.795. The van der Waals surface area contributed by atoms with Gasteiger partial charge in [-0.15, -0.1) is 10.2 Å². The molecule has 0 aliphatic carbocycles. The van der Waals surface area contributed by atoms with Crippen molar-refractivity contribution in [3.63, 3.8) is 0 Å². The summed E-state index contributed by atoms with van der Waals surface area (Å²) in [5.74, 6) is 1.09. The van der Waals surface area contributed by atoms with Crippen LogP contribution in [-0.4, -0.2) is 21.3 Å². The number of rotatable bonds is 4. The first-order chi connectivity index (χ1) is 10.8. The molecule has 0 bridgehead atoms. The molecule has 0 spiro atoms. The summed E-state index contributed by atoms with van der Waals surface area (Å²) in [6, 6.07) is 12.3. The van der Waals surface area contributed by atoms with Gasteiger partial charge in [0.15, 0.2) is 0 Å². The number of carbonyl (C=O) groups excluding carboxylic acids is 1. The summed E-state index contributed by atoms with van der Waals surface area (Å²) in [4.78, 5) is 15.6. The molecule has 0 fully saturated rings. The van der Waals surface area contributed by atoms with E-state index in [0.717, 1.165) is 0 Å². The van der Waals surface area contributed by atoms with Crippen LogP contribution in [0.3, 0.4) is 0 Å². The van der Waals surface area contributed by atoms with E-state index in [2.05, 4.69) is 20.5 Å². The first-order valence-corrected chi connectivity index (χ1v) is 6.55. The maximum absolute atomic E-state index is 11.6. The van der Waals surface area contributed by atoms with Gasteiger partial charge in [-0.05, 0) is 24.3 Å². The summed E-state index contributed by atoms with van der Waals surface area (Å²) in [5.41, 5.74) is 0.716. The first-order valence-electron chi connectivity index (χ1n) is 6.55. The Hall–Kier alpha value is -3.22. The first kappa shape index (κ1) is 13.7. The Morgan fingerprint density at radius 3 is 2.77 bits per heavy atom. The van der Waals surface area contributed by atoms with Gasteiger partial charge in [-0.3, -0.25) is 4.98 Å². The fraction of sp³-hybridized carbons (Fsp3) is 0.0667. The Morgan fingerprint density at radius 2 is 2.00 bits per heavy atom. The van der Waals surface area contributed by atoms with Gasteiger partial charge in [0.2, 0.25) is 11.8 Å². The Morgan fingerprint density at radius 1 is 1.14 bits per heavy atom. The average Bonchev–Trinajstić information content (AvgIpc) is 3.04. The summed E-state index contributed by atoms with van der Waals surface area (Å²) >= 11 is 0. The molecular weight excluding hydrogens is 284 g/mol. The third kappa shape index (κ3) is 3.45. The predicted octanol–water partition coefficient (Wildman–Crippen LogP) is 2.42. The molecule has 22 heavy (non-hydrogen) atoms. The molecule has 7 nitrogen and oxygen atoms in total. The van der Waals surface area contributed by atoms with Crippen molar-refractivity contribution in [1.82, 2.24) is 20.5 Å². The van der Waals surface area contributed by atoms with Crippen LogP contribution < -0.4 is 10.1 Å². The fourth-order valence-electron chi connectivity index (χ4n) is 1.71. The van der Waals surface area contributed by atoms with Crippen molar-refractivity contribution in [3.8, 4) is 17.2 Å².